The van der Waals surface area contributed by atoms with E-state index in [1.165, 1.54) is 0 Å². The van der Waals surface area contributed by atoms with Crippen molar-refractivity contribution in [3.8, 4) is 28.6 Å². The first-order valence-electron chi connectivity index (χ1n) is 8.30. The van der Waals surface area contributed by atoms with Crippen molar-refractivity contribution in [2.75, 3.05) is 20.8 Å². The van der Waals surface area contributed by atoms with Crippen LogP contribution in [-0.4, -0.2) is 36.0 Å². The van der Waals surface area contributed by atoms with E-state index < -0.39 is 6.04 Å². The maximum Gasteiger partial charge on any atom is 0.184 e. The predicted molar refractivity (Wildman–Crippen MR) is 98.6 cm³/mol. The van der Waals surface area contributed by atoms with Gasteiger partial charge in [0.1, 0.15) is 11.6 Å². The molecule has 7 nitrogen and oxygen atoms in total. The Morgan fingerprint density at radius 1 is 1.04 bits per heavy atom. The van der Waals surface area contributed by atoms with Crippen LogP contribution in [0.1, 0.15) is 24.4 Å². The topological polar surface area (TPSA) is 95.3 Å². The van der Waals surface area contributed by atoms with Crippen molar-refractivity contribution in [2.24, 2.45) is 5.73 Å². The predicted octanol–water partition coefficient (Wildman–Crippen LogP) is 2.94. The molecule has 0 aliphatic rings. The van der Waals surface area contributed by atoms with Crippen molar-refractivity contribution >= 4 is 0 Å². The summed E-state index contributed by atoms with van der Waals surface area (Å²) in [6, 6.07) is 12.7. The number of nitrogens with zero attached hydrogens (tertiary/aromatic N) is 2. The largest absolute Gasteiger partial charge is 0.496 e. The average molecular weight is 354 g/mol. The van der Waals surface area contributed by atoms with Crippen LogP contribution in [0.2, 0.25) is 0 Å². The zero-order valence-corrected chi connectivity index (χ0v) is 15.0. The highest BCUT2D eigenvalue weighted by Crippen LogP contribution is 2.32. The number of hydrogen-bond donors (Lipinski definition) is 2. The zero-order chi connectivity index (χ0) is 18.5. The van der Waals surface area contributed by atoms with Gasteiger partial charge in [-0.2, -0.15) is 5.10 Å². The van der Waals surface area contributed by atoms with E-state index >= 15 is 0 Å². The molecule has 0 bridgehead atoms. The highest BCUT2D eigenvalue weighted by molar-refractivity contribution is 5.63. The van der Waals surface area contributed by atoms with Gasteiger partial charge in [-0.1, -0.05) is 18.2 Å². The molecule has 1 aromatic heterocycles. The quantitative estimate of drug-likeness (QED) is 0.677. The highest BCUT2D eigenvalue weighted by Gasteiger charge is 2.18. The molecule has 0 aliphatic carbocycles. The second-order valence-corrected chi connectivity index (χ2v) is 5.57. The lowest BCUT2D eigenvalue weighted by Gasteiger charge is -2.14. The Bertz CT molecular complexity index is 879. The second kappa shape index (κ2) is 7.88. The van der Waals surface area contributed by atoms with Crippen molar-refractivity contribution in [1.29, 1.82) is 0 Å². The van der Waals surface area contributed by atoms with Crippen LogP contribution in [0.4, 0.5) is 0 Å². The molecule has 0 unspecified atom stereocenters. The minimum absolute atomic E-state index is 0.476. The van der Waals surface area contributed by atoms with Gasteiger partial charge in [-0.05, 0) is 36.8 Å². The van der Waals surface area contributed by atoms with Crippen molar-refractivity contribution in [1.82, 2.24) is 15.2 Å². The number of hydrogen-bond acceptors (Lipinski definition) is 6. The molecule has 136 valence electrons. The van der Waals surface area contributed by atoms with Crippen molar-refractivity contribution < 1.29 is 14.2 Å². The number of nitrogens with two attached hydrogens (primary N) is 1. The molecule has 2 aromatic carbocycles. The summed E-state index contributed by atoms with van der Waals surface area (Å²) in [5.74, 6) is 3.10. The fourth-order valence-electron chi connectivity index (χ4n) is 2.68. The summed E-state index contributed by atoms with van der Waals surface area (Å²) in [5.41, 5.74) is 8.02. The van der Waals surface area contributed by atoms with Crippen LogP contribution < -0.4 is 19.9 Å². The zero-order valence-electron chi connectivity index (χ0n) is 15.0. The molecule has 0 amide bonds. The number of aromatic amines is 1. The number of para-hydroxylation sites is 1. The van der Waals surface area contributed by atoms with E-state index in [9.17, 15) is 0 Å². The van der Waals surface area contributed by atoms with Crippen molar-refractivity contribution in [3.63, 3.8) is 0 Å². The number of rotatable bonds is 7. The SMILES string of the molecule is CCOc1cc([C@@H](N)c2nc(-c3ccccc3OC)n[nH]2)ccc1OC. The Morgan fingerprint density at radius 3 is 2.54 bits per heavy atom. The lowest BCUT2D eigenvalue weighted by molar-refractivity contribution is 0.310. The molecule has 0 aliphatic heterocycles. The van der Waals surface area contributed by atoms with Gasteiger partial charge in [0.25, 0.3) is 0 Å². The van der Waals surface area contributed by atoms with Crippen LogP contribution in [-0.2, 0) is 0 Å². The fourth-order valence-corrected chi connectivity index (χ4v) is 2.68. The standard InChI is InChI=1S/C19H22N4O3/c1-4-26-16-11-12(9-10-15(16)25-3)17(20)19-21-18(22-23-19)13-7-5-6-8-14(13)24-2/h5-11,17H,4,20H2,1-3H3,(H,21,22,23)/t17-/m1/s1. The normalized spacial score (nSPS) is 11.8. The third kappa shape index (κ3) is 3.48. The van der Waals surface area contributed by atoms with E-state index in [0.29, 0.717) is 35.5 Å². The molecule has 0 radical (unpaired) electrons. The van der Waals surface area contributed by atoms with Gasteiger partial charge in [-0.25, -0.2) is 4.98 Å². The molecule has 3 aromatic rings. The summed E-state index contributed by atoms with van der Waals surface area (Å²) in [4.78, 5) is 4.54. The van der Waals surface area contributed by atoms with Gasteiger partial charge in [-0.3, -0.25) is 5.10 Å². The van der Waals surface area contributed by atoms with E-state index in [2.05, 4.69) is 15.2 Å². The molecular formula is C19H22N4O3. The average Bonchev–Trinajstić information content (AvgIpc) is 3.17. The Kier molecular flexibility index (Phi) is 5.38. The molecule has 1 heterocycles. The van der Waals surface area contributed by atoms with Crippen molar-refractivity contribution in [2.45, 2.75) is 13.0 Å². The molecule has 0 spiro atoms. The second-order valence-electron chi connectivity index (χ2n) is 5.57. The van der Waals surface area contributed by atoms with Gasteiger partial charge in [-0.15, -0.1) is 0 Å². The number of benzene rings is 2. The fraction of sp³-hybridized carbons (Fsp3) is 0.263. The lowest BCUT2D eigenvalue weighted by atomic mass is 10.1. The minimum Gasteiger partial charge on any atom is -0.496 e. The van der Waals surface area contributed by atoms with Crippen LogP contribution in [0.15, 0.2) is 42.5 Å². The van der Waals surface area contributed by atoms with Crippen LogP contribution >= 0.6 is 0 Å². The summed E-state index contributed by atoms with van der Waals surface area (Å²) in [6.45, 7) is 2.46. The molecule has 3 N–H and O–H groups in total. The third-order valence-electron chi connectivity index (χ3n) is 3.99. The molecule has 26 heavy (non-hydrogen) atoms. The van der Waals surface area contributed by atoms with Crippen LogP contribution in [0.5, 0.6) is 17.2 Å². The summed E-state index contributed by atoms with van der Waals surface area (Å²) >= 11 is 0. The van der Waals surface area contributed by atoms with Gasteiger partial charge >= 0.3 is 0 Å². The van der Waals surface area contributed by atoms with Crippen LogP contribution in [0, 0.1) is 0 Å². The summed E-state index contributed by atoms with van der Waals surface area (Å²) < 4.78 is 16.3. The molecule has 7 heteroatoms. The Hall–Kier alpha value is -3.06. The number of ether oxygens (including phenoxy) is 3. The first-order chi connectivity index (χ1) is 12.7. The van der Waals surface area contributed by atoms with E-state index in [1.807, 2.05) is 49.4 Å². The number of aromatic nitrogens is 3. The molecular weight excluding hydrogens is 332 g/mol. The molecule has 0 saturated carbocycles. The van der Waals surface area contributed by atoms with Gasteiger partial charge in [0.2, 0.25) is 0 Å². The van der Waals surface area contributed by atoms with E-state index in [-0.39, 0.29) is 0 Å². The first kappa shape index (κ1) is 17.8. The lowest BCUT2D eigenvalue weighted by Crippen LogP contribution is -2.14. The number of nitrogens with one attached hydrogen (secondary N) is 1. The van der Waals surface area contributed by atoms with E-state index in [4.69, 9.17) is 19.9 Å². The Balaban J connectivity index is 1.91. The van der Waals surface area contributed by atoms with Gasteiger partial charge in [0, 0.05) is 0 Å². The molecule has 0 saturated heterocycles. The van der Waals surface area contributed by atoms with Gasteiger partial charge in [0.05, 0.1) is 32.4 Å². The summed E-state index contributed by atoms with van der Waals surface area (Å²) in [7, 11) is 3.22. The molecule has 0 fully saturated rings. The minimum atomic E-state index is -0.476. The maximum absolute atomic E-state index is 6.37. The molecule has 1 atom stereocenters. The van der Waals surface area contributed by atoms with Crippen LogP contribution in [0.3, 0.4) is 0 Å². The van der Waals surface area contributed by atoms with Crippen molar-refractivity contribution in [3.05, 3.63) is 53.9 Å². The van der Waals surface area contributed by atoms with Gasteiger partial charge < -0.3 is 19.9 Å². The number of H-pyrrole nitrogens is 1. The maximum atomic E-state index is 6.37. The smallest absolute Gasteiger partial charge is 0.184 e. The van der Waals surface area contributed by atoms with E-state index in [0.717, 1.165) is 11.1 Å². The van der Waals surface area contributed by atoms with E-state index in [1.54, 1.807) is 14.2 Å². The monoisotopic (exact) mass is 354 g/mol. The van der Waals surface area contributed by atoms with Gasteiger partial charge in [0.15, 0.2) is 17.3 Å². The summed E-state index contributed by atoms with van der Waals surface area (Å²) in [5, 5.41) is 7.20. The Labute approximate surface area is 152 Å². The van der Waals surface area contributed by atoms with Crippen LogP contribution in [0.25, 0.3) is 11.4 Å². The summed E-state index contributed by atoms with van der Waals surface area (Å²) in [6.07, 6.45) is 0. The number of methoxy groups -OCH3 is 2. The third-order valence-corrected chi connectivity index (χ3v) is 3.99. The first-order valence-corrected chi connectivity index (χ1v) is 8.30. The Morgan fingerprint density at radius 2 is 1.81 bits per heavy atom. The highest BCUT2D eigenvalue weighted by atomic mass is 16.5. The molecule has 3 rings (SSSR count).